The number of carboxylic acids is 1. The molecule has 0 spiro atoms. The van der Waals surface area contributed by atoms with E-state index in [9.17, 15) is 9.90 Å². The van der Waals surface area contributed by atoms with Gasteiger partial charge in [-0.05, 0) is 26.0 Å². The van der Waals surface area contributed by atoms with Gasteiger partial charge in [0.05, 0.1) is 20.4 Å². The van der Waals surface area contributed by atoms with E-state index in [-0.39, 0.29) is 5.69 Å². The highest BCUT2D eigenvalue weighted by atomic mass is 16.5. The second kappa shape index (κ2) is 5.84. The lowest BCUT2D eigenvalue weighted by atomic mass is 10.1. The zero-order valence-electron chi connectivity index (χ0n) is 13.8. The molecular formula is C17H17N3O4. The summed E-state index contributed by atoms with van der Waals surface area (Å²) in [5.74, 6) is 0.281. The van der Waals surface area contributed by atoms with Crippen molar-refractivity contribution >= 4 is 17.0 Å². The Labute approximate surface area is 138 Å². The van der Waals surface area contributed by atoms with Crippen LogP contribution in [0.2, 0.25) is 0 Å². The number of nitrogens with zero attached hydrogens (tertiary/aromatic N) is 2. The first kappa shape index (κ1) is 15.8. The van der Waals surface area contributed by atoms with Crippen molar-refractivity contribution in [2.45, 2.75) is 13.8 Å². The van der Waals surface area contributed by atoms with Crippen molar-refractivity contribution in [2.75, 3.05) is 14.2 Å². The highest BCUT2D eigenvalue weighted by Crippen LogP contribution is 2.24. The first-order valence-electron chi connectivity index (χ1n) is 7.31. The van der Waals surface area contributed by atoms with Crippen LogP contribution < -0.4 is 19.1 Å². The molecule has 0 fully saturated rings. The van der Waals surface area contributed by atoms with Crippen molar-refractivity contribution < 1.29 is 23.9 Å². The molecule has 3 rings (SSSR count). The van der Waals surface area contributed by atoms with Crippen LogP contribution in [0.1, 0.15) is 21.6 Å². The summed E-state index contributed by atoms with van der Waals surface area (Å²) in [7, 11) is 3.09. The Morgan fingerprint density at radius 3 is 2.62 bits per heavy atom. The Balaban J connectivity index is 2.27. The summed E-state index contributed by atoms with van der Waals surface area (Å²) >= 11 is 0. The van der Waals surface area contributed by atoms with Crippen molar-refractivity contribution in [3.63, 3.8) is 0 Å². The van der Waals surface area contributed by atoms with E-state index < -0.39 is 5.97 Å². The molecule has 2 heterocycles. The Bertz CT molecular complexity index is 947. The van der Waals surface area contributed by atoms with Crippen LogP contribution >= 0.6 is 0 Å². The highest BCUT2D eigenvalue weighted by Gasteiger charge is 2.23. The molecule has 0 aliphatic rings. The molecule has 1 aromatic carbocycles. The fourth-order valence-corrected chi connectivity index (χ4v) is 2.85. The van der Waals surface area contributed by atoms with E-state index in [4.69, 9.17) is 9.47 Å². The third-order valence-corrected chi connectivity index (χ3v) is 3.92. The smallest absolute Gasteiger partial charge is 0.402 e. The quantitative estimate of drug-likeness (QED) is 0.717. The predicted molar refractivity (Wildman–Crippen MR) is 84.5 cm³/mol. The first-order valence-corrected chi connectivity index (χ1v) is 7.31. The van der Waals surface area contributed by atoms with Crippen LogP contribution in [0.15, 0.2) is 24.4 Å². The number of carboxylic acid groups (broad SMARTS) is 1. The van der Waals surface area contributed by atoms with Crippen molar-refractivity contribution in [1.82, 2.24) is 9.97 Å². The second-order valence-electron chi connectivity index (χ2n) is 5.42. The molecule has 1 N–H and O–H groups in total. The summed E-state index contributed by atoms with van der Waals surface area (Å²) < 4.78 is 12.0. The third-order valence-electron chi connectivity index (χ3n) is 3.92. The number of aromatic amines is 1. The molecule has 3 aromatic rings. The fraction of sp³-hybridized carbons (Fsp3) is 0.235. The maximum Gasteiger partial charge on any atom is 0.402 e. The molecule has 7 heteroatoms. The van der Waals surface area contributed by atoms with Crippen LogP contribution in [-0.4, -0.2) is 30.2 Å². The molecule has 0 saturated carbocycles. The average molecular weight is 327 g/mol. The van der Waals surface area contributed by atoms with E-state index in [1.165, 1.54) is 11.7 Å². The maximum absolute atomic E-state index is 11.7. The van der Waals surface area contributed by atoms with Gasteiger partial charge in [-0.1, -0.05) is 4.98 Å². The van der Waals surface area contributed by atoms with Gasteiger partial charge in [-0.25, -0.2) is 4.98 Å². The summed E-state index contributed by atoms with van der Waals surface area (Å²) in [6, 6.07) is 5.40. The minimum atomic E-state index is -1.30. The summed E-state index contributed by atoms with van der Waals surface area (Å²) in [5, 5.41) is 11.7. The molecule has 2 aromatic heterocycles. The minimum Gasteiger partial charge on any atom is -0.542 e. The first-order chi connectivity index (χ1) is 11.5. The number of fused-ring (bicyclic) bond motifs is 1. The number of carbonyl (C=O) groups is 1. The van der Waals surface area contributed by atoms with E-state index >= 15 is 0 Å². The number of pyridine rings is 1. The van der Waals surface area contributed by atoms with E-state index in [0.29, 0.717) is 28.5 Å². The lowest BCUT2D eigenvalue weighted by Crippen LogP contribution is -2.45. The molecule has 124 valence electrons. The zero-order chi connectivity index (χ0) is 17.4. The number of hydrogen-bond acceptors (Lipinski definition) is 5. The number of ether oxygens (including phenoxy) is 2. The van der Waals surface area contributed by atoms with E-state index in [0.717, 1.165) is 11.1 Å². The number of aryl methyl sites for hydroxylation is 1. The number of nitrogens with one attached hydrogen (secondary N) is 1. The topological polar surface area (TPSA) is 91.2 Å². The summed E-state index contributed by atoms with van der Waals surface area (Å²) in [6.07, 6.45) is 1.66. The Hall–Kier alpha value is -3.09. The third kappa shape index (κ3) is 2.44. The van der Waals surface area contributed by atoms with Crippen LogP contribution in [0.5, 0.6) is 11.5 Å². The van der Waals surface area contributed by atoms with Crippen molar-refractivity contribution in [1.29, 1.82) is 0 Å². The van der Waals surface area contributed by atoms with Gasteiger partial charge >= 0.3 is 5.95 Å². The number of aromatic carboxylic acids is 1. The standard InChI is InChI=1S/C17H17N3O4/c1-9-8-20(14(16(21)22)10(2)15(9)24-4)17-18-12-6-5-11(23-3)7-13(12)19-17/h5-8H,1-4H3,(H-,18,19,21,22). The number of rotatable bonds is 4. The molecule has 0 aliphatic heterocycles. The minimum absolute atomic E-state index is 0.0107. The largest absolute Gasteiger partial charge is 0.542 e. The van der Waals surface area contributed by atoms with Gasteiger partial charge in [0.2, 0.25) is 0 Å². The number of benzene rings is 1. The van der Waals surface area contributed by atoms with Crippen LogP contribution in [-0.2, 0) is 0 Å². The predicted octanol–water partition coefficient (Wildman–Crippen LogP) is 0.837. The van der Waals surface area contributed by atoms with E-state index in [1.54, 1.807) is 38.4 Å². The summed E-state index contributed by atoms with van der Waals surface area (Å²) in [6.45, 7) is 3.52. The molecule has 0 atom stereocenters. The van der Waals surface area contributed by atoms with E-state index in [2.05, 4.69) is 9.97 Å². The molecular weight excluding hydrogens is 310 g/mol. The fourth-order valence-electron chi connectivity index (χ4n) is 2.85. The molecule has 7 nitrogen and oxygen atoms in total. The molecule has 0 aliphatic carbocycles. The molecule has 0 saturated heterocycles. The van der Waals surface area contributed by atoms with Crippen molar-refractivity contribution in [2.24, 2.45) is 0 Å². The molecule has 0 bridgehead atoms. The Morgan fingerprint density at radius 2 is 2.00 bits per heavy atom. The molecule has 0 unspecified atom stereocenters. The normalized spacial score (nSPS) is 10.8. The van der Waals surface area contributed by atoms with Crippen LogP contribution in [0, 0.1) is 13.8 Å². The number of H-pyrrole nitrogens is 1. The number of aromatic nitrogens is 3. The van der Waals surface area contributed by atoms with Crippen molar-refractivity contribution in [3.8, 4) is 17.4 Å². The number of carbonyl (C=O) groups excluding carboxylic acids is 1. The summed E-state index contributed by atoms with van der Waals surface area (Å²) in [5.41, 5.74) is 2.71. The number of methoxy groups -OCH3 is 2. The maximum atomic E-state index is 11.7. The van der Waals surface area contributed by atoms with Gasteiger partial charge < -0.3 is 19.4 Å². The van der Waals surface area contributed by atoms with Gasteiger partial charge in [-0.15, -0.1) is 0 Å². The van der Waals surface area contributed by atoms with Crippen LogP contribution in [0.3, 0.4) is 0 Å². The monoisotopic (exact) mass is 327 g/mol. The molecule has 0 amide bonds. The van der Waals surface area contributed by atoms with Gasteiger partial charge in [0.1, 0.15) is 28.7 Å². The van der Waals surface area contributed by atoms with Crippen LogP contribution in [0.25, 0.3) is 17.0 Å². The van der Waals surface area contributed by atoms with Gasteiger partial charge in [0.15, 0.2) is 5.52 Å². The van der Waals surface area contributed by atoms with Gasteiger partial charge in [-0.3, -0.25) is 0 Å². The zero-order valence-corrected chi connectivity index (χ0v) is 13.8. The van der Waals surface area contributed by atoms with Gasteiger partial charge in [0.25, 0.3) is 0 Å². The second-order valence-corrected chi connectivity index (χ2v) is 5.42. The number of hydrogen-bond donors (Lipinski definition) is 1. The van der Waals surface area contributed by atoms with Gasteiger partial charge in [-0.2, -0.15) is 4.57 Å². The SMILES string of the molecule is COc1ccc2nc(-[n+]3cc(C)c(OC)c(C)c3C(=O)[O-])[nH]c2c1. The average Bonchev–Trinajstić information content (AvgIpc) is 2.96. The highest BCUT2D eigenvalue weighted by molar-refractivity contribution is 5.85. The Morgan fingerprint density at radius 1 is 1.25 bits per heavy atom. The lowest BCUT2D eigenvalue weighted by molar-refractivity contribution is -0.609. The molecule has 24 heavy (non-hydrogen) atoms. The summed E-state index contributed by atoms with van der Waals surface area (Å²) in [4.78, 5) is 19.2. The number of imidazole rings is 1. The lowest BCUT2D eigenvalue weighted by Gasteiger charge is -2.15. The van der Waals surface area contributed by atoms with Gasteiger partial charge in [0, 0.05) is 17.2 Å². The molecule has 0 radical (unpaired) electrons. The van der Waals surface area contributed by atoms with Crippen LogP contribution in [0.4, 0.5) is 0 Å². The van der Waals surface area contributed by atoms with E-state index in [1.807, 2.05) is 6.92 Å². The Kier molecular flexibility index (Phi) is 3.84. The van der Waals surface area contributed by atoms with Crippen molar-refractivity contribution in [3.05, 3.63) is 41.2 Å².